The summed E-state index contributed by atoms with van der Waals surface area (Å²) in [7, 11) is 2.18. The number of nitrogens with one attached hydrogen (secondary N) is 2. The number of amides is 1. The summed E-state index contributed by atoms with van der Waals surface area (Å²) < 4.78 is 0. The van der Waals surface area contributed by atoms with Gasteiger partial charge in [0.25, 0.3) is 5.91 Å². The number of likely N-dealkylation sites (tertiary alicyclic amines) is 1. The van der Waals surface area contributed by atoms with Gasteiger partial charge in [-0.25, -0.2) is 4.98 Å². The zero-order valence-electron chi connectivity index (χ0n) is 15.6. The molecular weight excluding hydrogens is 340 g/mol. The summed E-state index contributed by atoms with van der Waals surface area (Å²) in [5.41, 5.74) is 8.06. The lowest BCUT2D eigenvalue weighted by atomic mass is 9.89. The maximum atomic E-state index is 11.6. The van der Waals surface area contributed by atoms with Crippen molar-refractivity contribution in [3.05, 3.63) is 41.6 Å². The van der Waals surface area contributed by atoms with Gasteiger partial charge in [-0.3, -0.25) is 4.79 Å². The van der Waals surface area contributed by atoms with E-state index >= 15 is 0 Å². The standard InChI is InChI=1S/C20H26N6O/c1-26-10-8-14(9-11-26)13-2-4-16(5-3-13)24-20-22-12-17(18(21)27)19(25-20)23-15-6-7-15/h2-5,12,14-15H,6-11H2,1H3,(H2,21,27)(H2,22,23,24,25). The molecule has 0 bridgehead atoms. The molecular formula is C20H26N6O. The van der Waals surface area contributed by atoms with E-state index in [2.05, 4.69) is 56.8 Å². The van der Waals surface area contributed by atoms with Crippen molar-refractivity contribution in [2.75, 3.05) is 30.8 Å². The van der Waals surface area contributed by atoms with E-state index in [4.69, 9.17) is 5.73 Å². The quantitative estimate of drug-likeness (QED) is 0.727. The van der Waals surface area contributed by atoms with Crippen LogP contribution in [0.5, 0.6) is 0 Å². The highest BCUT2D eigenvalue weighted by Gasteiger charge is 2.24. The fraction of sp³-hybridized carbons (Fsp3) is 0.450. The number of nitrogens with zero attached hydrogens (tertiary/aromatic N) is 3. The molecule has 2 aliphatic rings. The molecule has 27 heavy (non-hydrogen) atoms. The minimum atomic E-state index is -0.521. The molecule has 2 aromatic rings. The number of rotatable bonds is 6. The highest BCUT2D eigenvalue weighted by atomic mass is 16.1. The summed E-state index contributed by atoms with van der Waals surface area (Å²) in [6.07, 6.45) is 6.07. The molecule has 1 aliphatic heterocycles. The van der Waals surface area contributed by atoms with Crippen molar-refractivity contribution >= 4 is 23.4 Å². The monoisotopic (exact) mass is 366 g/mol. The van der Waals surface area contributed by atoms with E-state index in [-0.39, 0.29) is 0 Å². The number of hydrogen-bond acceptors (Lipinski definition) is 6. The lowest BCUT2D eigenvalue weighted by molar-refractivity contribution is 0.100. The second-order valence-electron chi connectivity index (χ2n) is 7.56. The second-order valence-corrected chi connectivity index (χ2v) is 7.56. The average molecular weight is 366 g/mol. The molecule has 0 atom stereocenters. The average Bonchev–Trinajstić information content (AvgIpc) is 3.47. The van der Waals surface area contributed by atoms with Crippen LogP contribution < -0.4 is 16.4 Å². The van der Waals surface area contributed by atoms with Crippen LogP contribution >= 0.6 is 0 Å². The van der Waals surface area contributed by atoms with Gasteiger partial charge in [-0.15, -0.1) is 0 Å². The van der Waals surface area contributed by atoms with Crippen molar-refractivity contribution in [3.8, 4) is 0 Å². The number of carbonyl (C=O) groups excluding carboxylic acids is 1. The van der Waals surface area contributed by atoms with Gasteiger partial charge in [-0.2, -0.15) is 4.98 Å². The van der Waals surface area contributed by atoms with Crippen LogP contribution in [0.2, 0.25) is 0 Å². The molecule has 2 fully saturated rings. The fourth-order valence-corrected chi connectivity index (χ4v) is 3.46. The van der Waals surface area contributed by atoms with E-state index in [0.717, 1.165) is 31.6 Å². The zero-order valence-corrected chi connectivity index (χ0v) is 15.6. The lowest BCUT2D eigenvalue weighted by Crippen LogP contribution is -2.29. The Labute approximate surface area is 159 Å². The number of benzene rings is 1. The summed E-state index contributed by atoms with van der Waals surface area (Å²) in [5, 5.41) is 6.47. The van der Waals surface area contributed by atoms with Crippen LogP contribution in [-0.2, 0) is 0 Å². The number of hydrogen-bond donors (Lipinski definition) is 3. The van der Waals surface area contributed by atoms with Crippen LogP contribution in [-0.4, -0.2) is 47.0 Å². The normalized spacial score (nSPS) is 18.3. The second kappa shape index (κ2) is 7.52. The van der Waals surface area contributed by atoms with E-state index < -0.39 is 5.91 Å². The zero-order chi connectivity index (χ0) is 18.8. The molecule has 0 radical (unpaired) electrons. The topological polar surface area (TPSA) is 96.2 Å². The Morgan fingerprint density at radius 1 is 1.15 bits per heavy atom. The van der Waals surface area contributed by atoms with Crippen LogP contribution in [0, 0.1) is 0 Å². The third-order valence-corrected chi connectivity index (χ3v) is 5.33. The summed E-state index contributed by atoms with van der Waals surface area (Å²) in [6.45, 7) is 2.31. The van der Waals surface area contributed by atoms with E-state index in [1.165, 1.54) is 24.6 Å². The molecule has 7 nitrogen and oxygen atoms in total. The maximum Gasteiger partial charge on any atom is 0.254 e. The Hall–Kier alpha value is -2.67. The fourth-order valence-electron chi connectivity index (χ4n) is 3.46. The Balaban J connectivity index is 1.46. The smallest absolute Gasteiger partial charge is 0.254 e. The first-order chi connectivity index (χ1) is 13.1. The van der Waals surface area contributed by atoms with E-state index in [0.29, 0.717) is 29.3 Å². The molecule has 1 saturated carbocycles. The molecule has 1 aromatic carbocycles. The predicted octanol–water partition coefficient (Wildman–Crippen LogP) is 2.70. The van der Waals surface area contributed by atoms with Crippen LogP contribution in [0.4, 0.5) is 17.5 Å². The SMILES string of the molecule is CN1CCC(c2ccc(Nc3ncc(C(N)=O)c(NC4CC4)n3)cc2)CC1. The molecule has 4 rings (SSSR count). The van der Waals surface area contributed by atoms with E-state index in [9.17, 15) is 4.79 Å². The third-order valence-electron chi connectivity index (χ3n) is 5.33. The Kier molecular flexibility index (Phi) is 4.94. The van der Waals surface area contributed by atoms with Gasteiger partial charge in [-0.05, 0) is 69.4 Å². The van der Waals surface area contributed by atoms with Crippen LogP contribution in [0.15, 0.2) is 30.5 Å². The number of primary amides is 1. The van der Waals surface area contributed by atoms with E-state index in [1.807, 2.05) is 0 Å². The molecule has 2 heterocycles. The van der Waals surface area contributed by atoms with Crippen molar-refractivity contribution < 1.29 is 4.79 Å². The first kappa shape index (κ1) is 17.7. The van der Waals surface area contributed by atoms with Gasteiger partial charge in [0.15, 0.2) is 0 Å². The molecule has 0 unspecified atom stereocenters. The number of anilines is 3. The number of nitrogens with two attached hydrogens (primary N) is 1. The summed E-state index contributed by atoms with van der Waals surface area (Å²) >= 11 is 0. The van der Waals surface area contributed by atoms with Gasteiger partial charge in [0, 0.05) is 17.9 Å². The Bertz CT molecular complexity index is 810. The molecule has 1 aliphatic carbocycles. The third kappa shape index (κ3) is 4.36. The van der Waals surface area contributed by atoms with Crippen LogP contribution in [0.25, 0.3) is 0 Å². The molecule has 1 aromatic heterocycles. The largest absolute Gasteiger partial charge is 0.367 e. The number of carbonyl (C=O) groups is 1. The Morgan fingerprint density at radius 2 is 1.85 bits per heavy atom. The molecule has 0 spiro atoms. The first-order valence-electron chi connectivity index (χ1n) is 9.57. The molecule has 142 valence electrons. The highest BCUT2D eigenvalue weighted by Crippen LogP contribution is 2.29. The predicted molar refractivity (Wildman–Crippen MR) is 106 cm³/mol. The van der Waals surface area contributed by atoms with Crippen molar-refractivity contribution in [1.82, 2.24) is 14.9 Å². The Morgan fingerprint density at radius 3 is 2.48 bits per heavy atom. The molecule has 1 saturated heterocycles. The first-order valence-corrected chi connectivity index (χ1v) is 9.57. The van der Waals surface area contributed by atoms with E-state index in [1.54, 1.807) is 0 Å². The van der Waals surface area contributed by atoms with Gasteiger partial charge in [0.2, 0.25) is 5.95 Å². The van der Waals surface area contributed by atoms with Crippen molar-refractivity contribution in [2.24, 2.45) is 5.73 Å². The summed E-state index contributed by atoms with van der Waals surface area (Å²) in [4.78, 5) is 22.6. The van der Waals surface area contributed by atoms with Crippen LogP contribution in [0.3, 0.4) is 0 Å². The van der Waals surface area contributed by atoms with Crippen molar-refractivity contribution in [2.45, 2.75) is 37.6 Å². The minimum Gasteiger partial charge on any atom is -0.367 e. The van der Waals surface area contributed by atoms with Gasteiger partial charge in [0.05, 0.1) is 5.56 Å². The minimum absolute atomic E-state index is 0.324. The van der Waals surface area contributed by atoms with Gasteiger partial charge >= 0.3 is 0 Å². The molecule has 4 N–H and O–H groups in total. The molecule has 1 amide bonds. The van der Waals surface area contributed by atoms with Gasteiger partial charge in [-0.1, -0.05) is 12.1 Å². The maximum absolute atomic E-state index is 11.6. The van der Waals surface area contributed by atoms with Crippen LogP contribution in [0.1, 0.15) is 47.5 Å². The highest BCUT2D eigenvalue weighted by molar-refractivity contribution is 5.97. The summed E-state index contributed by atoms with van der Waals surface area (Å²) in [6, 6.07) is 8.86. The summed E-state index contributed by atoms with van der Waals surface area (Å²) in [5.74, 6) is 1.07. The van der Waals surface area contributed by atoms with Crippen molar-refractivity contribution in [1.29, 1.82) is 0 Å². The number of piperidine rings is 1. The van der Waals surface area contributed by atoms with Crippen molar-refractivity contribution in [3.63, 3.8) is 0 Å². The van der Waals surface area contributed by atoms with Gasteiger partial charge < -0.3 is 21.3 Å². The lowest BCUT2D eigenvalue weighted by Gasteiger charge is -2.29. The molecule has 7 heteroatoms. The number of aromatic nitrogens is 2. The van der Waals surface area contributed by atoms with Gasteiger partial charge in [0.1, 0.15) is 5.82 Å².